The van der Waals surface area contributed by atoms with E-state index in [0.717, 1.165) is 22.0 Å². The molecule has 0 saturated heterocycles. The zero-order valence-corrected chi connectivity index (χ0v) is 28.5. The lowest BCUT2D eigenvalue weighted by atomic mass is 10.0. The number of sulfonamides is 1. The first-order chi connectivity index (χ1) is 22.4. The number of carbonyl (C=O) groups is 2. The predicted octanol–water partition coefficient (Wildman–Crippen LogP) is 6.75. The van der Waals surface area contributed by atoms with Crippen LogP contribution in [0.5, 0.6) is 5.75 Å². The molecule has 0 fully saturated rings. The van der Waals surface area contributed by atoms with Crippen LogP contribution in [0.2, 0.25) is 10.0 Å². The van der Waals surface area contributed by atoms with Crippen molar-refractivity contribution in [3.63, 3.8) is 0 Å². The molecule has 12 heteroatoms. The molecule has 0 aliphatic rings. The van der Waals surface area contributed by atoms with Gasteiger partial charge in [0.1, 0.15) is 24.2 Å². The fourth-order valence-corrected chi connectivity index (χ4v) is 6.56. The summed E-state index contributed by atoms with van der Waals surface area (Å²) in [6.07, 6.45) is 0.152. The van der Waals surface area contributed by atoms with Crippen LogP contribution in [-0.4, -0.2) is 51.4 Å². The van der Waals surface area contributed by atoms with Gasteiger partial charge in [-0.25, -0.2) is 12.8 Å². The predicted molar refractivity (Wildman–Crippen MR) is 183 cm³/mol. The summed E-state index contributed by atoms with van der Waals surface area (Å²) in [6.45, 7) is 3.50. The SMILES string of the molecule is COc1ccc(S(=O)(=O)N(CC(=O)N(Cc2ccc(Cl)c(Cl)c2)[C@@H](Cc2ccccc2)C(=O)NCC(C)C)c2ccc(F)cc2)cc1. The minimum Gasteiger partial charge on any atom is -0.497 e. The maximum absolute atomic E-state index is 14.5. The van der Waals surface area contributed by atoms with Gasteiger partial charge in [-0.3, -0.25) is 13.9 Å². The minimum absolute atomic E-state index is 0.0638. The van der Waals surface area contributed by atoms with E-state index >= 15 is 0 Å². The molecule has 0 heterocycles. The summed E-state index contributed by atoms with van der Waals surface area (Å²) in [5, 5.41) is 3.51. The second kappa shape index (κ2) is 16.1. The molecule has 2 amide bonds. The summed E-state index contributed by atoms with van der Waals surface area (Å²) < 4.78 is 48.2. The molecule has 0 bridgehead atoms. The van der Waals surface area contributed by atoms with Gasteiger partial charge in [-0.05, 0) is 77.7 Å². The van der Waals surface area contributed by atoms with Crippen molar-refractivity contribution in [1.29, 1.82) is 0 Å². The van der Waals surface area contributed by atoms with Crippen molar-refractivity contribution >= 4 is 50.7 Å². The van der Waals surface area contributed by atoms with Crippen molar-refractivity contribution in [2.45, 2.75) is 37.8 Å². The van der Waals surface area contributed by atoms with E-state index in [9.17, 15) is 22.4 Å². The average Bonchev–Trinajstić information content (AvgIpc) is 3.06. The molecule has 4 aromatic rings. The van der Waals surface area contributed by atoms with Crippen molar-refractivity contribution in [3.8, 4) is 5.75 Å². The Morgan fingerprint density at radius 2 is 1.53 bits per heavy atom. The maximum atomic E-state index is 14.5. The van der Waals surface area contributed by atoms with Crippen LogP contribution in [0.15, 0.2) is 102 Å². The van der Waals surface area contributed by atoms with Crippen LogP contribution in [0.4, 0.5) is 10.1 Å². The number of nitrogens with one attached hydrogen (secondary N) is 1. The number of benzene rings is 4. The fourth-order valence-electron chi connectivity index (χ4n) is 4.82. The number of halogens is 3. The Hall–Kier alpha value is -4.12. The summed E-state index contributed by atoms with van der Waals surface area (Å²) in [5.74, 6) is -1.07. The van der Waals surface area contributed by atoms with E-state index in [4.69, 9.17) is 27.9 Å². The Balaban J connectivity index is 1.81. The molecule has 4 rings (SSSR count). The Morgan fingerprint density at radius 3 is 2.13 bits per heavy atom. The number of anilines is 1. The van der Waals surface area contributed by atoms with Gasteiger partial charge in [0.2, 0.25) is 11.8 Å². The third kappa shape index (κ3) is 9.47. The van der Waals surface area contributed by atoms with Gasteiger partial charge < -0.3 is 15.0 Å². The van der Waals surface area contributed by atoms with Gasteiger partial charge in [0.15, 0.2) is 0 Å². The van der Waals surface area contributed by atoms with Gasteiger partial charge in [-0.15, -0.1) is 0 Å². The first-order valence-corrected chi connectivity index (χ1v) is 17.1. The molecule has 0 spiro atoms. The molecule has 47 heavy (non-hydrogen) atoms. The van der Waals surface area contributed by atoms with Crippen LogP contribution in [-0.2, 0) is 32.6 Å². The highest BCUT2D eigenvalue weighted by molar-refractivity contribution is 7.92. The quantitative estimate of drug-likeness (QED) is 0.157. The maximum Gasteiger partial charge on any atom is 0.264 e. The lowest BCUT2D eigenvalue weighted by molar-refractivity contribution is -0.140. The summed E-state index contributed by atoms with van der Waals surface area (Å²) >= 11 is 12.5. The van der Waals surface area contributed by atoms with Crippen LogP contribution in [0.25, 0.3) is 0 Å². The summed E-state index contributed by atoms with van der Waals surface area (Å²) in [6, 6.07) is 23.6. The third-order valence-corrected chi connectivity index (χ3v) is 9.86. The van der Waals surface area contributed by atoms with Gasteiger partial charge in [0.25, 0.3) is 10.0 Å². The fraction of sp³-hybridized carbons (Fsp3) is 0.257. The number of methoxy groups -OCH3 is 1. The summed E-state index contributed by atoms with van der Waals surface area (Å²) in [5.41, 5.74) is 1.44. The monoisotopic (exact) mass is 699 g/mol. The first kappa shape index (κ1) is 35.7. The molecule has 0 aliphatic heterocycles. The second-order valence-corrected chi connectivity index (χ2v) is 14.0. The van der Waals surface area contributed by atoms with Crippen molar-refractivity contribution in [2.24, 2.45) is 5.92 Å². The largest absolute Gasteiger partial charge is 0.497 e. The molecular formula is C35H36Cl2FN3O5S. The van der Waals surface area contributed by atoms with E-state index in [0.29, 0.717) is 22.9 Å². The van der Waals surface area contributed by atoms with Crippen LogP contribution >= 0.6 is 23.2 Å². The molecule has 248 valence electrons. The van der Waals surface area contributed by atoms with Crippen LogP contribution in [0.3, 0.4) is 0 Å². The molecule has 0 aromatic heterocycles. The number of hydrogen-bond acceptors (Lipinski definition) is 5. The van der Waals surface area contributed by atoms with Gasteiger partial charge in [0, 0.05) is 19.5 Å². The molecular weight excluding hydrogens is 664 g/mol. The Morgan fingerprint density at radius 1 is 0.872 bits per heavy atom. The van der Waals surface area contributed by atoms with E-state index in [1.54, 1.807) is 18.2 Å². The number of hydrogen-bond donors (Lipinski definition) is 1. The van der Waals surface area contributed by atoms with Crippen molar-refractivity contribution in [2.75, 3.05) is 24.5 Å². The van der Waals surface area contributed by atoms with Gasteiger partial charge >= 0.3 is 0 Å². The highest BCUT2D eigenvalue weighted by Crippen LogP contribution is 2.28. The van der Waals surface area contributed by atoms with E-state index in [2.05, 4.69) is 5.32 Å². The van der Waals surface area contributed by atoms with Crippen LogP contribution in [0.1, 0.15) is 25.0 Å². The molecule has 0 radical (unpaired) electrons. The zero-order chi connectivity index (χ0) is 34.1. The topological polar surface area (TPSA) is 96.0 Å². The Labute approximate surface area is 285 Å². The normalized spacial score (nSPS) is 12.0. The van der Waals surface area contributed by atoms with Gasteiger partial charge in [-0.1, -0.05) is 73.4 Å². The molecule has 8 nitrogen and oxygen atoms in total. The van der Waals surface area contributed by atoms with Crippen LogP contribution in [0, 0.1) is 11.7 Å². The third-order valence-electron chi connectivity index (χ3n) is 7.33. The van der Waals surface area contributed by atoms with Crippen molar-refractivity contribution in [3.05, 3.63) is 124 Å². The molecule has 1 N–H and O–H groups in total. The number of nitrogens with zero attached hydrogens (tertiary/aromatic N) is 2. The first-order valence-electron chi connectivity index (χ1n) is 14.9. The number of rotatable bonds is 14. The molecule has 0 unspecified atom stereocenters. The standard InChI is InChI=1S/C35H36Cl2FN3O5S/c1-24(2)21-39-35(43)33(20-25-7-5-4-6-8-25)40(22-26-9-18-31(36)32(37)19-26)34(42)23-41(28-12-10-27(38)11-13-28)47(44,45)30-16-14-29(46-3)15-17-30/h4-19,24,33H,20-23H2,1-3H3,(H,39,43)/t33-/m0/s1. The molecule has 0 saturated carbocycles. The number of ether oxygens (including phenoxy) is 1. The molecule has 1 atom stereocenters. The molecule has 0 aliphatic carbocycles. The lowest BCUT2D eigenvalue weighted by Gasteiger charge is -2.34. The number of amides is 2. The van der Waals surface area contributed by atoms with Gasteiger partial charge in [0.05, 0.1) is 27.7 Å². The Bertz CT molecular complexity index is 1770. The van der Waals surface area contributed by atoms with Crippen molar-refractivity contribution < 1.29 is 27.1 Å². The van der Waals surface area contributed by atoms with E-state index < -0.39 is 40.2 Å². The van der Waals surface area contributed by atoms with Crippen molar-refractivity contribution in [1.82, 2.24) is 10.2 Å². The zero-order valence-electron chi connectivity index (χ0n) is 26.2. The Kier molecular flexibility index (Phi) is 12.3. The summed E-state index contributed by atoms with van der Waals surface area (Å²) in [7, 11) is -2.91. The van der Waals surface area contributed by atoms with Crippen LogP contribution < -0.4 is 14.4 Å². The summed E-state index contributed by atoms with van der Waals surface area (Å²) in [4.78, 5) is 29.6. The highest BCUT2D eigenvalue weighted by atomic mass is 35.5. The molecule has 4 aromatic carbocycles. The number of carbonyl (C=O) groups excluding carboxylic acids is 2. The minimum atomic E-state index is -4.36. The smallest absolute Gasteiger partial charge is 0.264 e. The van der Waals surface area contributed by atoms with E-state index in [1.165, 1.54) is 48.4 Å². The average molecular weight is 701 g/mol. The van der Waals surface area contributed by atoms with Gasteiger partial charge in [-0.2, -0.15) is 0 Å². The second-order valence-electron chi connectivity index (χ2n) is 11.3. The van der Waals surface area contributed by atoms with E-state index in [-0.39, 0.29) is 34.5 Å². The highest BCUT2D eigenvalue weighted by Gasteiger charge is 2.35. The van der Waals surface area contributed by atoms with E-state index in [1.807, 2.05) is 44.2 Å². The lowest BCUT2D eigenvalue weighted by Crippen LogP contribution is -2.53.